The van der Waals surface area contributed by atoms with E-state index in [-0.39, 0.29) is 0 Å². The van der Waals surface area contributed by atoms with Crippen LogP contribution in [0.5, 0.6) is 0 Å². The molecule has 0 saturated carbocycles. The molecule has 7 nitrogen and oxygen atoms in total. The molecule has 1 rings (SSSR count). The fourth-order valence-electron chi connectivity index (χ4n) is 2.36. The molecule has 1 saturated heterocycles. The Morgan fingerprint density at radius 3 is 2.41 bits per heavy atom. The number of rotatable bonds is 8. The normalized spacial score (nSPS) is 35.7. The van der Waals surface area contributed by atoms with Crippen LogP contribution in [-0.2, 0) is 9.47 Å². The molecule has 0 bridgehead atoms. The standard InChI is InChI=1S/C15H28O7/c1-3-4-5-6-10(17)7-9(2)21-15-14(20)13(19)12(18)11(8-16)22-15/h4-5,9-20H,3,6-8H2,1-2H3/b5-4+/t9-,10+,11-,12-,13+,14-,15-/m1/s1. The number of aliphatic hydroxyl groups excluding tert-OH is 5. The summed E-state index contributed by atoms with van der Waals surface area (Å²) in [5.41, 5.74) is 0. The van der Waals surface area contributed by atoms with E-state index in [2.05, 4.69) is 0 Å². The van der Waals surface area contributed by atoms with Gasteiger partial charge in [-0.05, 0) is 26.2 Å². The van der Waals surface area contributed by atoms with Crippen LogP contribution in [0.4, 0.5) is 0 Å². The lowest BCUT2D eigenvalue weighted by Gasteiger charge is -2.40. The van der Waals surface area contributed by atoms with Crippen molar-refractivity contribution in [2.24, 2.45) is 0 Å². The molecular formula is C15H28O7. The highest BCUT2D eigenvalue weighted by Crippen LogP contribution is 2.23. The Balaban J connectivity index is 2.48. The molecule has 5 N–H and O–H groups in total. The second kappa shape index (κ2) is 9.57. The molecule has 0 aromatic heterocycles. The molecule has 1 fully saturated rings. The van der Waals surface area contributed by atoms with E-state index in [0.717, 1.165) is 6.42 Å². The minimum atomic E-state index is -1.46. The lowest BCUT2D eigenvalue weighted by molar-refractivity contribution is -0.311. The Bertz CT molecular complexity index is 334. The first-order chi connectivity index (χ1) is 10.4. The molecule has 0 aliphatic carbocycles. The summed E-state index contributed by atoms with van der Waals surface area (Å²) in [6, 6.07) is 0. The molecule has 1 aliphatic rings. The van der Waals surface area contributed by atoms with E-state index < -0.39 is 49.5 Å². The number of ether oxygens (including phenoxy) is 2. The number of allylic oxidation sites excluding steroid dienone is 1. The fourth-order valence-corrected chi connectivity index (χ4v) is 2.36. The Kier molecular flexibility index (Phi) is 8.48. The van der Waals surface area contributed by atoms with E-state index in [4.69, 9.17) is 14.6 Å². The highest BCUT2D eigenvalue weighted by atomic mass is 16.7. The molecule has 7 atom stereocenters. The summed E-state index contributed by atoms with van der Waals surface area (Å²) in [6.45, 7) is 3.23. The summed E-state index contributed by atoms with van der Waals surface area (Å²) in [5, 5.41) is 48.2. The molecular weight excluding hydrogens is 292 g/mol. The van der Waals surface area contributed by atoms with Crippen molar-refractivity contribution in [2.45, 2.75) is 76.0 Å². The summed E-state index contributed by atoms with van der Waals surface area (Å²) >= 11 is 0. The maximum atomic E-state index is 9.87. The predicted octanol–water partition coefficient (Wildman–Crippen LogP) is -0.701. The maximum Gasteiger partial charge on any atom is 0.186 e. The van der Waals surface area contributed by atoms with Crippen LogP contribution in [0.3, 0.4) is 0 Å². The quantitative estimate of drug-likeness (QED) is 0.375. The van der Waals surface area contributed by atoms with E-state index >= 15 is 0 Å². The first-order valence-electron chi connectivity index (χ1n) is 7.69. The second-order valence-corrected chi connectivity index (χ2v) is 5.65. The lowest BCUT2D eigenvalue weighted by atomic mass is 9.99. The SMILES string of the molecule is CC/C=C/C[C@H](O)C[C@@H](C)O[C@@H]1O[C@H](CO)[C@@H](O)[C@H](O)[C@H]1O. The molecule has 0 aromatic rings. The van der Waals surface area contributed by atoms with Gasteiger partial charge in [0.15, 0.2) is 6.29 Å². The molecule has 1 heterocycles. The third-order valence-electron chi connectivity index (χ3n) is 3.63. The van der Waals surface area contributed by atoms with Crippen molar-refractivity contribution >= 4 is 0 Å². The number of hydrogen-bond acceptors (Lipinski definition) is 7. The van der Waals surface area contributed by atoms with Crippen LogP contribution in [0.25, 0.3) is 0 Å². The van der Waals surface area contributed by atoms with Gasteiger partial charge in [0.2, 0.25) is 0 Å². The molecule has 0 unspecified atom stereocenters. The topological polar surface area (TPSA) is 120 Å². The molecule has 1 aliphatic heterocycles. The second-order valence-electron chi connectivity index (χ2n) is 5.65. The summed E-state index contributed by atoms with van der Waals surface area (Å²) < 4.78 is 10.7. The summed E-state index contributed by atoms with van der Waals surface area (Å²) in [6.07, 6.45) is -1.83. The largest absolute Gasteiger partial charge is 0.394 e. The molecule has 0 amide bonds. The summed E-state index contributed by atoms with van der Waals surface area (Å²) in [5.74, 6) is 0. The average Bonchev–Trinajstić information content (AvgIpc) is 2.48. The van der Waals surface area contributed by atoms with Gasteiger partial charge in [-0.3, -0.25) is 0 Å². The zero-order valence-corrected chi connectivity index (χ0v) is 13.1. The van der Waals surface area contributed by atoms with Gasteiger partial charge in [0.25, 0.3) is 0 Å². The average molecular weight is 320 g/mol. The van der Waals surface area contributed by atoms with Gasteiger partial charge >= 0.3 is 0 Å². The molecule has 0 spiro atoms. The van der Waals surface area contributed by atoms with Crippen molar-refractivity contribution in [1.29, 1.82) is 0 Å². The van der Waals surface area contributed by atoms with Gasteiger partial charge in [-0.15, -0.1) is 0 Å². The summed E-state index contributed by atoms with van der Waals surface area (Å²) in [7, 11) is 0. The smallest absolute Gasteiger partial charge is 0.186 e. The van der Waals surface area contributed by atoms with Crippen molar-refractivity contribution in [3.63, 3.8) is 0 Å². The molecule has 22 heavy (non-hydrogen) atoms. The zero-order valence-electron chi connectivity index (χ0n) is 13.1. The van der Waals surface area contributed by atoms with E-state index in [1.165, 1.54) is 0 Å². The van der Waals surface area contributed by atoms with Gasteiger partial charge in [0.1, 0.15) is 24.4 Å². The number of aliphatic hydroxyl groups is 5. The van der Waals surface area contributed by atoms with Gasteiger partial charge in [-0.2, -0.15) is 0 Å². The van der Waals surface area contributed by atoms with Gasteiger partial charge in [0, 0.05) is 0 Å². The minimum absolute atomic E-state index is 0.336. The molecule has 0 radical (unpaired) electrons. The van der Waals surface area contributed by atoms with Crippen molar-refractivity contribution in [3.05, 3.63) is 12.2 Å². The Morgan fingerprint density at radius 2 is 1.82 bits per heavy atom. The summed E-state index contributed by atoms with van der Waals surface area (Å²) in [4.78, 5) is 0. The van der Waals surface area contributed by atoms with Crippen LogP contribution in [-0.4, -0.2) is 75.1 Å². The predicted molar refractivity (Wildman–Crippen MR) is 79.0 cm³/mol. The van der Waals surface area contributed by atoms with Crippen molar-refractivity contribution in [3.8, 4) is 0 Å². The van der Waals surface area contributed by atoms with Crippen LogP contribution in [0.1, 0.15) is 33.1 Å². The third kappa shape index (κ3) is 5.58. The third-order valence-corrected chi connectivity index (χ3v) is 3.63. The van der Waals surface area contributed by atoms with E-state index in [1.54, 1.807) is 6.92 Å². The van der Waals surface area contributed by atoms with Crippen LogP contribution in [0.15, 0.2) is 12.2 Å². The van der Waals surface area contributed by atoms with Gasteiger partial charge in [-0.1, -0.05) is 19.1 Å². The zero-order chi connectivity index (χ0) is 16.7. The van der Waals surface area contributed by atoms with E-state index in [0.29, 0.717) is 12.8 Å². The minimum Gasteiger partial charge on any atom is -0.394 e. The highest BCUT2D eigenvalue weighted by molar-refractivity contribution is 4.89. The Labute approximate surface area is 130 Å². The first kappa shape index (κ1) is 19.5. The highest BCUT2D eigenvalue weighted by Gasteiger charge is 2.44. The maximum absolute atomic E-state index is 9.87. The van der Waals surface area contributed by atoms with Crippen molar-refractivity contribution in [2.75, 3.05) is 6.61 Å². The van der Waals surface area contributed by atoms with E-state index in [9.17, 15) is 20.4 Å². The van der Waals surface area contributed by atoms with Gasteiger partial charge in [-0.25, -0.2) is 0 Å². The molecule has 130 valence electrons. The Morgan fingerprint density at radius 1 is 1.14 bits per heavy atom. The van der Waals surface area contributed by atoms with Gasteiger partial charge < -0.3 is 35.0 Å². The van der Waals surface area contributed by atoms with Crippen LogP contribution in [0, 0.1) is 0 Å². The molecule has 7 heteroatoms. The van der Waals surface area contributed by atoms with Crippen molar-refractivity contribution < 1.29 is 35.0 Å². The molecule has 0 aromatic carbocycles. The van der Waals surface area contributed by atoms with Crippen LogP contribution in [0.2, 0.25) is 0 Å². The Hall–Kier alpha value is -0.540. The lowest BCUT2D eigenvalue weighted by Crippen LogP contribution is -2.59. The van der Waals surface area contributed by atoms with Crippen LogP contribution < -0.4 is 0 Å². The number of hydrogen-bond donors (Lipinski definition) is 5. The van der Waals surface area contributed by atoms with Crippen LogP contribution >= 0.6 is 0 Å². The van der Waals surface area contributed by atoms with Gasteiger partial charge in [0.05, 0.1) is 18.8 Å². The fraction of sp³-hybridized carbons (Fsp3) is 0.867. The van der Waals surface area contributed by atoms with E-state index in [1.807, 2.05) is 19.1 Å². The van der Waals surface area contributed by atoms with Crippen molar-refractivity contribution in [1.82, 2.24) is 0 Å². The first-order valence-corrected chi connectivity index (χ1v) is 7.69. The monoisotopic (exact) mass is 320 g/mol.